The summed E-state index contributed by atoms with van der Waals surface area (Å²) in [4.78, 5) is 22.4. The highest BCUT2D eigenvalue weighted by Crippen LogP contribution is 2.23. The van der Waals surface area contributed by atoms with Crippen molar-refractivity contribution in [3.8, 4) is 0 Å². The minimum absolute atomic E-state index is 0.00599. The van der Waals surface area contributed by atoms with Crippen LogP contribution in [-0.4, -0.2) is 17.4 Å². The van der Waals surface area contributed by atoms with Gasteiger partial charge < -0.3 is 10.6 Å². The lowest BCUT2D eigenvalue weighted by Gasteiger charge is -2.12. The maximum atomic E-state index is 12.0. The van der Waals surface area contributed by atoms with Crippen molar-refractivity contribution < 1.29 is 9.72 Å². The van der Waals surface area contributed by atoms with Gasteiger partial charge in [-0.2, -0.15) is 0 Å². The van der Waals surface area contributed by atoms with Gasteiger partial charge in [0.25, 0.3) is 5.69 Å². The fourth-order valence-electron chi connectivity index (χ4n) is 2.03. The third-order valence-electron chi connectivity index (χ3n) is 3.41. The summed E-state index contributed by atoms with van der Waals surface area (Å²) in [5.74, 6) is -0.263. The zero-order valence-corrected chi connectivity index (χ0v) is 13.5. The Hall–Kier alpha value is -2.60. The van der Waals surface area contributed by atoms with E-state index in [0.29, 0.717) is 16.4 Å². The highest BCUT2D eigenvalue weighted by atomic mass is 35.5. The van der Waals surface area contributed by atoms with Crippen LogP contribution in [0.4, 0.5) is 17.1 Å². The second-order valence-electron chi connectivity index (χ2n) is 5.07. The van der Waals surface area contributed by atoms with Crippen LogP contribution < -0.4 is 10.6 Å². The molecular formula is C16H16ClN3O3. The lowest BCUT2D eigenvalue weighted by molar-refractivity contribution is -0.384. The predicted octanol–water partition coefficient (Wildman–Crippen LogP) is 3.92. The molecule has 7 heteroatoms. The smallest absolute Gasteiger partial charge is 0.271 e. The first-order valence-corrected chi connectivity index (χ1v) is 7.30. The summed E-state index contributed by atoms with van der Waals surface area (Å²) in [6, 6.07) is 9.74. The minimum atomic E-state index is -0.472. The molecule has 0 aliphatic heterocycles. The molecule has 0 fully saturated rings. The van der Waals surface area contributed by atoms with Crippen molar-refractivity contribution in [1.29, 1.82) is 0 Å². The Morgan fingerprint density at radius 3 is 2.65 bits per heavy atom. The average Bonchev–Trinajstić information content (AvgIpc) is 2.51. The molecule has 0 atom stereocenters. The summed E-state index contributed by atoms with van der Waals surface area (Å²) in [6.07, 6.45) is 0. The first kappa shape index (κ1) is 16.8. The quantitative estimate of drug-likeness (QED) is 0.641. The Kier molecular flexibility index (Phi) is 5.18. The van der Waals surface area contributed by atoms with Crippen LogP contribution >= 0.6 is 11.6 Å². The number of carbonyl (C=O) groups is 1. The minimum Gasteiger partial charge on any atom is -0.376 e. The molecule has 2 aromatic rings. The molecule has 0 spiro atoms. The van der Waals surface area contributed by atoms with Gasteiger partial charge in [0.05, 0.1) is 11.5 Å². The van der Waals surface area contributed by atoms with Crippen LogP contribution in [0, 0.1) is 24.0 Å². The number of nitrogens with zero attached hydrogens (tertiary/aromatic N) is 1. The highest BCUT2D eigenvalue weighted by molar-refractivity contribution is 6.31. The van der Waals surface area contributed by atoms with Crippen LogP contribution in [0.25, 0.3) is 0 Å². The number of anilines is 2. The van der Waals surface area contributed by atoms with Crippen LogP contribution in [0.1, 0.15) is 11.1 Å². The first-order chi connectivity index (χ1) is 10.9. The Labute approximate surface area is 138 Å². The van der Waals surface area contributed by atoms with Gasteiger partial charge in [0.1, 0.15) is 0 Å². The molecule has 0 saturated heterocycles. The third-order valence-corrected chi connectivity index (χ3v) is 3.82. The van der Waals surface area contributed by atoms with Crippen molar-refractivity contribution in [3.63, 3.8) is 0 Å². The van der Waals surface area contributed by atoms with E-state index >= 15 is 0 Å². The molecule has 120 valence electrons. The topological polar surface area (TPSA) is 84.3 Å². The molecule has 2 N–H and O–H groups in total. The monoisotopic (exact) mass is 333 g/mol. The maximum Gasteiger partial charge on any atom is 0.271 e. The third kappa shape index (κ3) is 4.20. The number of non-ortho nitro benzene ring substituents is 1. The van der Waals surface area contributed by atoms with Gasteiger partial charge >= 0.3 is 0 Å². The van der Waals surface area contributed by atoms with Crippen molar-refractivity contribution in [2.24, 2.45) is 0 Å². The number of nitro benzene ring substituents is 1. The fourth-order valence-corrected chi connectivity index (χ4v) is 2.20. The van der Waals surface area contributed by atoms with E-state index in [0.717, 1.165) is 11.1 Å². The molecule has 0 aliphatic rings. The normalized spacial score (nSPS) is 10.2. The molecular weight excluding hydrogens is 318 g/mol. The van der Waals surface area contributed by atoms with E-state index < -0.39 is 4.92 Å². The average molecular weight is 334 g/mol. The van der Waals surface area contributed by atoms with E-state index in [1.807, 2.05) is 13.8 Å². The Bertz CT molecular complexity index is 762. The van der Waals surface area contributed by atoms with Gasteiger partial charge in [-0.15, -0.1) is 0 Å². The van der Waals surface area contributed by atoms with Gasteiger partial charge in [0.15, 0.2) is 0 Å². The Balaban J connectivity index is 2.03. The van der Waals surface area contributed by atoms with Crippen LogP contribution in [-0.2, 0) is 4.79 Å². The number of halogens is 1. The molecule has 6 nitrogen and oxygen atoms in total. The number of nitro groups is 1. The Morgan fingerprint density at radius 1 is 1.22 bits per heavy atom. The van der Waals surface area contributed by atoms with Crippen molar-refractivity contribution >= 4 is 34.6 Å². The van der Waals surface area contributed by atoms with E-state index in [4.69, 9.17) is 11.6 Å². The van der Waals surface area contributed by atoms with Gasteiger partial charge in [-0.3, -0.25) is 14.9 Å². The van der Waals surface area contributed by atoms with Gasteiger partial charge in [0.2, 0.25) is 5.91 Å². The Morgan fingerprint density at radius 2 is 1.96 bits per heavy atom. The van der Waals surface area contributed by atoms with Gasteiger partial charge in [-0.1, -0.05) is 23.7 Å². The van der Waals surface area contributed by atoms with Crippen molar-refractivity contribution in [2.75, 3.05) is 17.2 Å². The number of hydrogen-bond donors (Lipinski definition) is 2. The second kappa shape index (κ2) is 7.11. The summed E-state index contributed by atoms with van der Waals surface area (Å²) in [5.41, 5.74) is 2.78. The van der Waals surface area contributed by atoms with Crippen LogP contribution in [0.15, 0.2) is 36.4 Å². The van der Waals surface area contributed by atoms with E-state index in [1.165, 1.54) is 12.1 Å². The molecule has 0 bridgehead atoms. The van der Waals surface area contributed by atoms with E-state index in [2.05, 4.69) is 10.6 Å². The number of hydrogen-bond acceptors (Lipinski definition) is 4. The van der Waals surface area contributed by atoms with Crippen LogP contribution in [0.5, 0.6) is 0 Å². The number of rotatable bonds is 5. The fraction of sp³-hybridized carbons (Fsp3) is 0.188. The number of benzene rings is 2. The van der Waals surface area contributed by atoms with Gasteiger partial charge in [-0.25, -0.2) is 0 Å². The summed E-state index contributed by atoms with van der Waals surface area (Å²) in [6.45, 7) is 3.62. The first-order valence-electron chi connectivity index (χ1n) is 6.92. The van der Waals surface area contributed by atoms with Crippen molar-refractivity contribution in [3.05, 3.63) is 62.7 Å². The maximum absolute atomic E-state index is 12.0. The number of carbonyl (C=O) groups excluding carboxylic acids is 1. The lowest BCUT2D eigenvalue weighted by atomic mass is 10.2. The standard InChI is InChI=1S/C16H16ClN3O3/c1-10-6-7-12(20(22)23)8-15(10)18-9-16(21)19-14-5-3-4-13(17)11(14)2/h3-8,18H,9H2,1-2H3,(H,19,21). The molecule has 0 aromatic heterocycles. The molecule has 2 rings (SSSR count). The summed E-state index contributed by atoms with van der Waals surface area (Å²) < 4.78 is 0. The highest BCUT2D eigenvalue weighted by Gasteiger charge is 2.10. The molecule has 1 amide bonds. The zero-order valence-electron chi connectivity index (χ0n) is 12.7. The molecule has 23 heavy (non-hydrogen) atoms. The summed E-state index contributed by atoms with van der Waals surface area (Å²) in [7, 11) is 0. The molecule has 0 aliphatic carbocycles. The molecule has 0 heterocycles. The van der Waals surface area contributed by atoms with Gasteiger partial charge in [0, 0.05) is 28.5 Å². The summed E-state index contributed by atoms with van der Waals surface area (Å²) in [5, 5.41) is 17.0. The van der Waals surface area contributed by atoms with Crippen LogP contribution in [0.3, 0.4) is 0 Å². The van der Waals surface area contributed by atoms with Gasteiger partial charge in [-0.05, 0) is 37.1 Å². The molecule has 0 radical (unpaired) electrons. The van der Waals surface area contributed by atoms with E-state index in [-0.39, 0.29) is 18.1 Å². The van der Waals surface area contributed by atoms with E-state index in [9.17, 15) is 14.9 Å². The predicted molar refractivity (Wildman–Crippen MR) is 91.1 cm³/mol. The van der Waals surface area contributed by atoms with Crippen molar-refractivity contribution in [1.82, 2.24) is 0 Å². The molecule has 2 aromatic carbocycles. The summed E-state index contributed by atoms with van der Waals surface area (Å²) >= 11 is 6.01. The SMILES string of the molecule is Cc1ccc([N+](=O)[O-])cc1NCC(=O)Nc1cccc(Cl)c1C. The molecule has 0 saturated carbocycles. The van der Waals surface area contributed by atoms with Crippen molar-refractivity contribution in [2.45, 2.75) is 13.8 Å². The second-order valence-corrected chi connectivity index (χ2v) is 5.48. The van der Waals surface area contributed by atoms with E-state index in [1.54, 1.807) is 24.3 Å². The number of amides is 1. The zero-order chi connectivity index (χ0) is 17.0. The largest absolute Gasteiger partial charge is 0.376 e. The molecule has 0 unspecified atom stereocenters. The lowest BCUT2D eigenvalue weighted by Crippen LogP contribution is -2.22. The van der Waals surface area contributed by atoms with Crippen LogP contribution in [0.2, 0.25) is 5.02 Å². The number of aryl methyl sites for hydroxylation is 1. The number of nitrogens with one attached hydrogen (secondary N) is 2.